The van der Waals surface area contributed by atoms with E-state index in [-0.39, 0.29) is 11.8 Å². The monoisotopic (exact) mass is 394 g/mol. The molecular weight excluding hydrogens is 368 g/mol. The second kappa shape index (κ2) is 8.47. The van der Waals surface area contributed by atoms with Crippen LogP contribution in [-0.2, 0) is 11.3 Å². The molecular formula is C23H26N2O4. The number of hydrogen-bond donors (Lipinski definition) is 0. The average molecular weight is 394 g/mol. The number of nitrogens with zero attached hydrogens (tertiary/aromatic N) is 2. The lowest BCUT2D eigenvalue weighted by molar-refractivity contribution is -0.136. The summed E-state index contributed by atoms with van der Waals surface area (Å²) in [4.78, 5) is 41.6. The summed E-state index contributed by atoms with van der Waals surface area (Å²) in [6, 6.07) is 13.4. The van der Waals surface area contributed by atoms with Gasteiger partial charge in [-0.15, -0.1) is 0 Å². The predicted octanol–water partition coefficient (Wildman–Crippen LogP) is 3.36. The van der Waals surface area contributed by atoms with Crippen LogP contribution in [0.5, 0.6) is 5.75 Å². The van der Waals surface area contributed by atoms with Crippen molar-refractivity contribution in [3.63, 3.8) is 0 Å². The van der Waals surface area contributed by atoms with Crippen molar-refractivity contribution in [2.75, 3.05) is 13.7 Å². The smallest absolute Gasteiger partial charge is 0.262 e. The molecule has 0 aromatic heterocycles. The van der Waals surface area contributed by atoms with Crippen LogP contribution in [0.3, 0.4) is 0 Å². The predicted molar refractivity (Wildman–Crippen MR) is 110 cm³/mol. The highest BCUT2D eigenvalue weighted by Crippen LogP contribution is 2.28. The second-order valence-electron chi connectivity index (χ2n) is 7.49. The molecule has 0 radical (unpaired) electrons. The van der Waals surface area contributed by atoms with Crippen molar-refractivity contribution in [2.24, 2.45) is 5.92 Å². The van der Waals surface area contributed by atoms with Gasteiger partial charge in [-0.3, -0.25) is 19.3 Å². The molecule has 1 aliphatic heterocycles. The number of hydrogen-bond acceptors (Lipinski definition) is 4. The van der Waals surface area contributed by atoms with Crippen molar-refractivity contribution in [3.8, 4) is 5.75 Å². The van der Waals surface area contributed by atoms with E-state index >= 15 is 0 Å². The molecule has 0 saturated heterocycles. The van der Waals surface area contributed by atoms with E-state index in [4.69, 9.17) is 4.74 Å². The van der Waals surface area contributed by atoms with Crippen molar-refractivity contribution in [2.45, 2.75) is 33.4 Å². The van der Waals surface area contributed by atoms with Crippen LogP contribution in [0.2, 0.25) is 0 Å². The van der Waals surface area contributed by atoms with Crippen LogP contribution in [0.25, 0.3) is 0 Å². The maximum absolute atomic E-state index is 13.2. The molecule has 152 valence electrons. The normalized spacial score (nSPS) is 14.2. The van der Waals surface area contributed by atoms with Gasteiger partial charge in [-0.25, -0.2) is 0 Å². The lowest BCUT2D eigenvalue weighted by atomic mass is 10.0. The number of carbonyl (C=O) groups is 3. The first-order chi connectivity index (χ1) is 13.8. The molecule has 0 spiro atoms. The lowest BCUT2D eigenvalue weighted by Gasteiger charge is -2.32. The summed E-state index contributed by atoms with van der Waals surface area (Å²) in [6.45, 7) is 6.57. The van der Waals surface area contributed by atoms with E-state index in [1.165, 1.54) is 0 Å². The largest absolute Gasteiger partial charge is 0.494 e. The maximum atomic E-state index is 13.2. The van der Waals surface area contributed by atoms with Gasteiger partial charge in [0.1, 0.15) is 11.8 Å². The summed E-state index contributed by atoms with van der Waals surface area (Å²) in [5, 5.41) is 0. The fourth-order valence-electron chi connectivity index (χ4n) is 3.59. The fraction of sp³-hybridized carbons (Fsp3) is 0.348. The number of fused-ring (bicyclic) bond motifs is 1. The minimum atomic E-state index is -0.852. The molecule has 29 heavy (non-hydrogen) atoms. The standard InChI is InChI=1S/C23H26N2O4/c1-5-29-17-12-10-16(11-13-17)14-24(4)23(28)20(15(2)3)25-21(26)18-8-6-7-9-19(18)22(25)27/h6-13,15,20H,5,14H2,1-4H3. The summed E-state index contributed by atoms with van der Waals surface area (Å²) in [6.07, 6.45) is 0. The Balaban J connectivity index is 1.79. The van der Waals surface area contributed by atoms with Gasteiger partial charge in [-0.05, 0) is 42.7 Å². The molecule has 6 nitrogen and oxygen atoms in total. The Morgan fingerprint density at radius 1 is 1.00 bits per heavy atom. The molecule has 2 aromatic rings. The number of rotatable bonds is 7. The zero-order valence-corrected chi connectivity index (χ0v) is 17.2. The number of ether oxygens (including phenoxy) is 1. The van der Waals surface area contributed by atoms with Gasteiger partial charge in [-0.1, -0.05) is 38.1 Å². The molecule has 0 N–H and O–H groups in total. The van der Waals surface area contributed by atoms with Crippen LogP contribution >= 0.6 is 0 Å². The van der Waals surface area contributed by atoms with Crippen molar-refractivity contribution >= 4 is 17.7 Å². The van der Waals surface area contributed by atoms with Crippen LogP contribution in [0.15, 0.2) is 48.5 Å². The van der Waals surface area contributed by atoms with E-state index in [2.05, 4.69) is 0 Å². The summed E-state index contributed by atoms with van der Waals surface area (Å²) in [7, 11) is 1.69. The first kappa shape index (κ1) is 20.6. The van der Waals surface area contributed by atoms with Crippen LogP contribution in [-0.4, -0.2) is 47.2 Å². The van der Waals surface area contributed by atoms with Gasteiger partial charge < -0.3 is 9.64 Å². The minimum Gasteiger partial charge on any atom is -0.494 e. The Hall–Kier alpha value is -3.15. The molecule has 3 rings (SSSR count). The molecule has 6 heteroatoms. The van der Waals surface area contributed by atoms with E-state index in [0.29, 0.717) is 24.3 Å². The van der Waals surface area contributed by atoms with Gasteiger partial charge in [0, 0.05) is 13.6 Å². The number of carbonyl (C=O) groups excluding carboxylic acids is 3. The van der Waals surface area contributed by atoms with Crippen molar-refractivity contribution in [1.29, 1.82) is 0 Å². The summed E-state index contributed by atoms with van der Waals surface area (Å²) in [5.74, 6) is -0.522. The summed E-state index contributed by atoms with van der Waals surface area (Å²) in [5.41, 5.74) is 1.64. The van der Waals surface area contributed by atoms with E-state index in [9.17, 15) is 14.4 Å². The molecule has 1 aliphatic rings. The van der Waals surface area contributed by atoms with E-state index in [0.717, 1.165) is 16.2 Å². The number of benzene rings is 2. The molecule has 2 aromatic carbocycles. The van der Waals surface area contributed by atoms with Gasteiger partial charge in [0.2, 0.25) is 5.91 Å². The number of imide groups is 1. The van der Waals surface area contributed by atoms with Gasteiger partial charge in [0.25, 0.3) is 11.8 Å². The van der Waals surface area contributed by atoms with E-state index in [1.54, 1.807) is 36.2 Å². The lowest BCUT2D eigenvalue weighted by Crippen LogP contribution is -2.52. The van der Waals surface area contributed by atoms with Crippen LogP contribution < -0.4 is 4.74 Å². The van der Waals surface area contributed by atoms with Crippen molar-refractivity contribution in [1.82, 2.24) is 9.80 Å². The molecule has 0 saturated carbocycles. The minimum absolute atomic E-state index is 0.215. The fourth-order valence-corrected chi connectivity index (χ4v) is 3.59. The van der Waals surface area contributed by atoms with E-state index < -0.39 is 17.9 Å². The highest BCUT2D eigenvalue weighted by atomic mass is 16.5. The number of likely N-dealkylation sites (N-methyl/N-ethyl adjacent to an activating group) is 1. The highest BCUT2D eigenvalue weighted by Gasteiger charge is 2.44. The maximum Gasteiger partial charge on any atom is 0.262 e. The summed E-state index contributed by atoms with van der Waals surface area (Å²) < 4.78 is 5.44. The zero-order valence-electron chi connectivity index (χ0n) is 17.2. The third-order valence-electron chi connectivity index (χ3n) is 5.02. The van der Waals surface area contributed by atoms with E-state index in [1.807, 2.05) is 45.0 Å². The third-order valence-corrected chi connectivity index (χ3v) is 5.02. The molecule has 1 atom stereocenters. The first-order valence-corrected chi connectivity index (χ1v) is 9.78. The molecule has 0 aliphatic carbocycles. The third kappa shape index (κ3) is 4.01. The van der Waals surface area contributed by atoms with Crippen LogP contribution in [0.4, 0.5) is 0 Å². The Kier molecular flexibility index (Phi) is 6.01. The van der Waals surface area contributed by atoms with Crippen molar-refractivity contribution in [3.05, 3.63) is 65.2 Å². The molecule has 1 unspecified atom stereocenters. The highest BCUT2D eigenvalue weighted by molar-refractivity contribution is 6.22. The molecule has 3 amide bonds. The second-order valence-corrected chi connectivity index (χ2v) is 7.49. The average Bonchev–Trinajstić information content (AvgIpc) is 2.95. The quantitative estimate of drug-likeness (QED) is 0.676. The van der Waals surface area contributed by atoms with Gasteiger partial charge in [0.05, 0.1) is 17.7 Å². The van der Waals surface area contributed by atoms with Crippen LogP contribution in [0, 0.1) is 5.92 Å². The molecule has 0 bridgehead atoms. The Morgan fingerprint density at radius 2 is 1.55 bits per heavy atom. The number of amides is 3. The van der Waals surface area contributed by atoms with Crippen LogP contribution in [0.1, 0.15) is 47.1 Å². The zero-order chi connectivity index (χ0) is 21.1. The van der Waals surface area contributed by atoms with Crippen molar-refractivity contribution < 1.29 is 19.1 Å². The van der Waals surface area contributed by atoms with Gasteiger partial charge in [-0.2, -0.15) is 0 Å². The Labute approximate surface area is 171 Å². The first-order valence-electron chi connectivity index (χ1n) is 9.78. The van der Waals surface area contributed by atoms with Gasteiger partial charge in [0.15, 0.2) is 0 Å². The SMILES string of the molecule is CCOc1ccc(CN(C)C(=O)C(C(C)C)N2C(=O)c3ccccc3C2=O)cc1. The summed E-state index contributed by atoms with van der Waals surface area (Å²) >= 11 is 0. The molecule has 0 fully saturated rings. The molecule has 1 heterocycles. The van der Waals surface area contributed by atoms with Gasteiger partial charge >= 0.3 is 0 Å². The Morgan fingerprint density at radius 3 is 2.03 bits per heavy atom. The topological polar surface area (TPSA) is 66.9 Å². The Bertz CT molecular complexity index is 886.